The van der Waals surface area contributed by atoms with Crippen LogP contribution in [0.15, 0.2) is 22.8 Å². The first-order valence-electron chi connectivity index (χ1n) is 4.84. The molecule has 14 heavy (non-hydrogen) atoms. The van der Waals surface area contributed by atoms with Gasteiger partial charge in [0.05, 0.1) is 5.54 Å². The van der Waals surface area contributed by atoms with Crippen molar-refractivity contribution in [2.24, 2.45) is 5.73 Å². The fraction of sp³-hybridized carbons (Fsp3) is 0.500. The Bertz CT molecular complexity index is 300. The lowest BCUT2D eigenvalue weighted by molar-refractivity contribution is 0.286. The van der Waals surface area contributed by atoms with Gasteiger partial charge in [-0.25, -0.2) is 4.98 Å². The molecule has 1 aromatic rings. The van der Waals surface area contributed by atoms with E-state index in [1.807, 2.05) is 12.1 Å². The number of nitrogens with two attached hydrogens (primary N) is 1. The second-order valence-corrected chi connectivity index (χ2v) is 4.74. The molecule has 2 rings (SSSR count). The number of nitrogens with zero attached hydrogens (tertiary/aromatic N) is 1. The Morgan fingerprint density at radius 3 is 2.71 bits per heavy atom. The Hall–Kier alpha value is -0.610. The van der Waals surface area contributed by atoms with Crippen molar-refractivity contribution in [3.05, 3.63) is 22.8 Å². The molecule has 0 bridgehead atoms. The summed E-state index contributed by atoms with van der Waals surface area (Å²) in [6.45, 7) is 0.685. The molecule has 0 amide bonds. The third kappa shape index (κ3) is 1.91. The van der Waals surface area contributed by atoms with E-state index in [0.29, 0.717) is 6.54 Å². The fourth-order valence-electron chi connectivity index (χ4n) is 1.71. The Kier molecular flexibility index (Phi) is 2.74. The smallest absolute Gasteiger partial charge is 0.126 e. The van der Waals surface area contributed by atoms with Crippen LogP contribution in [0.3, 0.4) is 0 Å². The van der Waals surface area contributed by atoms with E-state index in [4.69, 9.17) is 5.73 Å². The number of anilines is 1. The predicted molar refractivity (Wildman–Crippen MR) is 61.2 cm³/mol. The van der Waals surface area contributed by atoms with Crippen LogP contribution in [-0.2, 0) is 0 Å². The quantitative estimate of drug-likeness (QED) is 0.871. The molecule has 4 heteroatoms. The van der Waals surface area contributed by atoms with Crippen LogP contribution >= 0.6 is 15.9 Å². The molecule has 76 valence electrons. The largest absolute Gasteiger partial charge is 0.363 e. The van der Waals surface area contributed by atoms with E-state index in [1.54, 1.807) is 6.20 Å². The van der Waals surface area contributed by atoms with Gasteiger partial charge in [0.2, 0.25) is 0 Å². The Balaban J connectivity index is 2.06. The van der Waals surface area contributed by atoms with Crippen LogP contribution < -0.4 is 11.1 Å². The van der Waals surface area contributed by atoms with Crippen molar-refractivity contribution < 1.29 is 0 Å². The van der Waals surface area contributed by atoms with Crippen molar-refractivity contribution in [1.82, 2.24) is 4.98 Å². The van der Waals surface area contributed by atoms with Gasteiger partial charge in [-0.3, -0.25) is 0 Å². The number of nitrogens with one attached hydrogen (secondary N) is 1. The highest BCUT2D eigenvalue weighted by Gasteiger charge is 2.35. The van der Waals surface area contributed by atoms with Gasteiger partial charge in [0.1, 0.15) is 5.82 Å². The van der Waals surface area contributed by atoms with Crippen LogP contribution in [-0.4, -0.2) is 17.1 Å². The highest BCUT2D eigenvalue weighted by Crippen LogP contribution is 2.33. The van der Waals surface area contributed by atoms with Crippen LogP contribution in [0.1, 0.15) is 19.3 Å². The molecule has 0 aliphatic heterocycles. The Morgan fingerprint density at radius 1 is 1.50 bits per heavy atom. The van der Waals surface area contributed by atoms with Gasteiger partial charge in [0.15, 0.2) is 0 Å². The van der Waals surface area contributed by atoms with Gasteiger partial charge in [-0.2, -0.15) is 0 Å². The Morgan fingerprint density at radius 2 is 2.29 bits per heavy atom. The van der Waals surface area contributed by atoms with E-state index < -0.39 is 0 Å². The lowest BCUT2D eigenvalue weighted by Crippen LogP contribution is -2.51. The molecule has 3 nitrogen and oxygen atoms in total. The third-order valence-electron chi connectivity index (χ3n) is 2.82. The summed E-state index contributed by atoms with van der Waals surface area (Å²) >= 11 is 3.36. The summed E-state index contributed by atoms with van der Waals surface area (Å²) in [6, 6.07) is 3.96. The van der Waals surface area contributed by atoms with Crippen molar-refractivity contribution in [3.8, 4) is 0 Å². The number of pyridine rings is 1. The average Bonchev–Trinajstić information content (AvgIpc) is 2.15. The average molecular weight is 256 g/mol. The molecular weight excluding hydrogens is 242 g/mol. The van der Waals surface area contributed by atoms with E-state index in [-0.39, 0.29) is 5.54 Å². The second kappa shape index (κ2) is 3.87. The number of hydrogen-bond donors (Lipinski definition) is 2. The minimum atomic E-state index is 0.112. The molecule has 1 aromatic heterocycles. The fourth-order valence-corrected chi connectivity index (χ4v) is 1.94. The zero-order valence-corrected chi connectivity index (χ0v) is 9.55. The summed E-state index contributed by atoms with van der Waals surface area (Å²) in [7, 11) is 0. The third-order valence-corrected chi connectivity index (χ3v) is 3.29. The van der Waals surface area contributed by atoms with E-state index >= 15 is 0 Å². The number of halogens is 1. The summed E-state index contributed by atoms with van der Waals surface area (Å²) in [4.78, 5) is 4.28. The van der Waals surface area contributed by atoms with Crippen LogP contribution in [0.4, 0.5) is 5.82 Å². The molecule has 1 fully saturated rings. The summed E-state index contributed by atoms with van der Waals surface area (Å²) in [5.74, 6) is 0.915. The van der Waals surface area contributed by atoms with Crippen LogP contribution in [0, 0.1) is 0 Å². The molecule has 1 aliphatic carbocycles. The van der Waals surface area contributed by atoms with Gasteiger partial charge in [0, 0.05) is 17.2 Å². The highest BCUT2D eigenvalue weighted by atomic mass is 79.9. The first kappa shape index (κ1) is 9.93. The zero-order valence-electron chi connectivity index (χ0n) is 7.96. The number of aromatic nitrogens is 1. The monoisotopic (exact) mass is 255 g/mol. The molecule has 0 spiro atoms. The second-order valence-electron chi connectivity index (χ2n) is 3.82. The van der Waals surface area contributed by atoms with Gasteiger partial charge < -0.3 is 11.1 Å². The lowest BCUT2D eigenvalue weighted by atomic mass is 9.77. The number of rotatable bonds is 3. The number of hydrogen-bond acceptors (Lipinski definition) is 3. The van der Waals surface area contributed by atoms with Crippen molar-refractivity contribution in [3.63, 3.8) is 0 Å². The maximum Gasteiger partial charge on any atom is 0.126 e. The lowest BCUT2D eigenvalue weighted by Gasteiger charge is -2.42. The maximum atomic E-state index is 5.75. The van der Waals surface area contributed by atoms with E-state index in [0.717, 1.165) is 23.1 Å². The van der Waals surface area contributed by atoms with E-state index in [2.05, 4.69) is 26.2 Å². The minimum Gasteiger partial charge on any atom is -0.363 e. The normalized spacial score (nSPS) is 18.7. The topological polar surface area (TPSA) is 50.9 Å². The van der Waals surface area contributed by atoms with Gasteiger partial charge in [-0.05, 0) is 47.3 Å². The highest BCUT2D eigenvalue weighted by molar-refractivity contribution is 9.10. The molecule has 1 saturated carbocycles. The molecule has 0 atom stereocenters. The first-order chi connectivity index (χ1) is 6.74. The van der Waals surface area contributed by atoms with Crippen LogP contribution in [0.5, 0.6) is 0 Å². The molecule has 0 saturated heterocycles. The zero-order chi connectivity index (χ0) is 10.0. The molecule has 3 N–H and O–H groups in total. The molecule has 0 unspecified atom stereocenters. The maximum absolute atomic E-state index is 5.75. The van der Waals surface area contributed by atoms with Crippen molar-refractivity contribution in [2.75, 3.05) is 11.9 Å². The van der Waals surface area contributed by atoms with Crippen molar-refractivity contribution in [1.29, 1.82) is 0 Å². The Labute approximate surface area is 92.2 Å². The molecular formula is C10H14BrN3. The predicted octanol–water partition coefficient (Wildman–Crippen LogP) is 2.14. The summed E-state index contributed by atoms with van der Waals surface area (Å²) < 4.78 is 0.999. The van der Waals surface area contributed by atoms with Gasteiger partial charge in [-0.1, -0.05) is 0 Å². The molecule has 0 radical (unpaired) electrons. The summed E-state index contributed by atoms with van der Waals surface area (Å²) in [5, 5.41) is 3.41. The van der Waals surface area contributed by atoms with Crippen LogP contribution in [0.2, 0.25) is 0 Å². The van der Waals surface area contributed by atoms with Gasteiger partial charge in [-0.15, -0.1) is 0 Å². The van der Waals surface area contributed by atoms with E-state index in [1.165, 1.54) is 6.42 Å². The molecule has 1 aliphatic rings. The standard InChI is InChI=1S/C10H14BrN3/c11-8-2-3-9(13-6-8)14-10(7-12)4-1-5-10/h2-3,6H,1,4-5,7,12H2,(H,13,14). The summed E-state index contributed by atoms with van der Waals surface area (Å²) in [6.07, 6.45) is 5.37. The van der Waals surface area contributed by atoms with Crippen molar-refractivity contribution in [2.45, 2.75) is 24.8 Å². The molecule has 1 heterocycles. The minimum absolute atomic E-state index is 0.112. The SMILES string of the molecule is NCC1(Nc2ccc(Br)cn2)CCC1. The summed E-state index contributed by atoms with van der Waals surface area (Å²) in [5.41, 5.74) is 5.86. The molecule has 0 aromatic carbocycles. The van der Waals surface area contributed by atoms with Crippen molar-refractivity contribution >= 4 is 21.7 Å². The van der Waals surface area contributed by atoms with Gasteiger partial charge >= 0.3 is 0 Å². The first-order valence-corrected chi connectivity index (χ1v) is 5.63. The van der Waals surface area contributed by atoms with E-state index in [9.17, 15) is 0 Å². The van der Waals surface area contributed by atoms with Gasteiger partial charge in [0.25, 0.3) is 0 Å². The van der Waals surface area contributed by atoms with Crippen LogP contribution in [0.25, 0.3) is 0 Å².